The van der Waals surface area contributed by atoms with E-state index in [0.717, 1.165) is 6.42 Å². The van der Waals surface area contributed by atoms with Gasteiger partial charge in [-0.15, -0.1) is 0 Å². The third-order valence-electron chi connectivity index (χ3n) is 5.10. The highest BCUT2D eigenvalue weighted by molar-refractivity contribution is 5.31. The molecular formula is C17H27N3. The molecule has 3 fully saturated rings. The number of nitrogens with zero attached hydrogens (tertiary/aromatic N) is 2. The van der Waals surface area contributed by atoms with Gasteiger partial charge in [0, 0.05) is 44.8 Å². The number of rotatable bonds is 4. The van der Waals surface area contributed by atoms with Gasteiger partial charge in [0.05, 0.1) is 0 Å². The van der Waals surface area contributed by atoms with Gasteiger partial charge < -0.3 is 5.32 Å². The molecule has 3 aliphatic heterocycles. The van der Waals surface area contributed by atoms with Crippen molar-refractivity contribution in [3.05, 3.63) is 34.9 Å². The summed E-state index contributed by atoms with van der Waals surface area (Å²) in [6, 6.07) is 8.05. The number of hydrogen-bond donors (Lipinski definition) is 1. The zero-order valence-electron chi connectivity index (χ0n) is 13.0. The fourth-order valence-corrected chi connectivity index (χ4v) is 3.73. The molecule has 0 saturated carbocycles. The Morgan fingerprint density at radius 1 is 1.20 bits per heavy atom. The van der Waals surface area contributed by atoms with Crippen LogP contribution < -0.4 is 5.32 Å². The Balaban J connectivity index is 1.75. The van der Waals surface area contributed by atoms with Crippen LogP contribution in [0.4, 0.5) is 0 Å². The molecule has 3 nitrogen and oxygen atoms in total. The molecule has 3 heteroatoms. The van der Waals surface area contributed by atoms with Crippen LogP contribution >= 0.6 is 0 Å². The monoisotopic (exact) mass is 273 g/mol. The molecule has 110 valence electrons. The lowest BCUT2D eigenvalue weighted by atomic mass is 9.92. The number of fused-ring (bicyclic) bond motifs is 3. The predicted molar refractivity (Wildman–Crippen MR) is 84.3 cm³/mol. The van der Waals surface area contributed by atoms with E-state index in [1.807, 2.05) is 0 Å². The Morgan fingerprint density at radius 3 is 2.55 bits per heavy atom. The SMILES string of the molecule is CNC(Cc1cc(C)ccc1C)C1CN2CCN1CC2. The normalized spacial score (nSPS) is 30.4. The van der Waals surface area contributed by atoms with Crippen molar-refractivity contribution < 1.29 is 0 Å². The number of hydrogen-bond acceptors (Lipinski definition) is 3. The fraction of sp³-hybridized carbons (Fsp3) is 0.647. The molecule has 1 aromatic rings. The van der Waals surface area contributed by atoms with Gasteiger partial charge in [-0.2, -0.15) is 0 Å². The van der Waals surface area contributed by atoms with Crippen molar-refractivity contribution in [3.63, 3.8) is 0 Å². The van der Waals surface area contributed by atoms with Crippen LogP contribution in [0.5, 0.6) is 0 Å². The van der Waals surface area contributed by atoms with Gasteiger partial charge in [0.25, 0.3) is 0 Å². The highest BCUT2D eigenvalue weighted by Gasteiger charge is 2.36. The molecule has 0 aliphatic carbocycles. The molecule has 4 rings (SSSR count). The first-order valence-corrected chi connectivity index (χ1v) is 7.87. The van der Waals surface area contributed by atoms with Crippen molar-refractivity contribution in [2.75, 3.05) is 39.8 Å². The summed E-state index contributed by atoms with van der Waals surface area (Å²) in [5.41, 5.74) is 4.30. The van der Waals surface area contributed by atoms with Crippen LogP contribution in [0.15, 0.2) is 18.2 Å². The number of benzene rings is 1. The third-order valence-corrected chi connectivity index (χ3v) is 5.10. The van der Waals surface area contributed by atoms with Gasteiger partial charge in [-0.25, -0.2) is 0 Å². The van der Waals surface area contributed by atoms with E-state index < -0.39 is 0 Å². The highest BCUT2D eigenvalue weighted by atomic mass is 15.4. The number of piperazine rings is 3. The minimum atomic E-state index is 0.554. The maximum atomic E-state index is 3.58. The summed E-state index contributed by atoms with van der Waals surface area (Å²) in [6.07, 6.45) is 1.14. The Kier molecular flexibility index (Phi) is 4.11. The number of aryl methyl sites for hydroxylation is 2. The predicted octanol–water partition coefficient (Wildman–Crippen LogP) is 1.43. The minimum Gasteiger partial charge on any atom is -0.315 e. The molecule has 3 heterocycles. The van der Waals surface area contributed by atoms with Crippen LogP contribution in [0.3, 0.4) is 0 Å². The van der Waals surface area contributed by atoms with Gasteiger partial charge in [0.2, 0.25) is 0 Å². The van der Waals surface area contributed by atoms with E-state index in [1.165, 1.54) is 49.4 Å². The molecule has 0 radical (unpaired) electrons. The van der Waals surface area contributed by atoms with Crippen molar-refractivity contribution in [1.82, 2.24) is 15.1 Å². The van der Waals surface area contributed by atoms with Crippen molar-refractivity contribution >= 4 is 0 Å². The summed E-state index contributed by atoms with van der Waals surface area (Å²) < 4.78 is 0. The van der Waals surface area contributed by atoms with Crippen LogP contribution in [0.2, 0.25) is 0 Å². The van der Waals surface area contributed by atoms with Gasteiger partial charge >= 0.3 is 0 Å². The minimum absolute atomic E-state index is 0.554. The molecule has 2 atom stereocenters. The Bertz CT molecular complexity index is 463. The summed E-state index contributed by atoms with van der Waals surface area (Å²) in [5, 5.41) is 3.58. The van der Waals surface area contributed by atoms with Crippen molar-refractivity contribution in [1.29, 1.82) is 0 Å². The van der Waals surface area contributed by atoms with Crippen molar-refractivity contribution in [2.24, 2.45) is 0 Å². The maximum absolute atomic E-state index is 3.58. The first kappa shape index (κ1) is 14.1. The van der Waals surface area contributed by atoms with Crippen molar-refractivity contribution in [2.45, 2.75) is 32.4 Å². The molecular weight excluding hydrogens is 246 g/mol. The van der Waals surface area contributed by atoms with Gasteiger partial charge in [-0.3, -0.25) is 9.80 Å². The lowest BCUT2D eigenvalue weighted by Crippen LogP contribution is -2.66. The van der Waals surface area contributed by atoms with E-state index >= 15 is 0 Å². The van der Waals surface area contributed by atoms with Crippen LogP contribution in [-0.4, -0.2) is 61.7 Å². The molecule has 3 saturated heterocycles. The zero-order valence-corrected chi connectivity index (χ0v) is 13.0. The quantitative estimate of drug-likeness (QED) is 0.895. The van der Waals surface area contributed by atoms with Crippen LogP contribution in [0.1, 0.15) is 16.7 Å². The average Bonchev–Trinajstić information content (AvgIpc) is 2.49. The summed E-state index contributed by atoms with van der Waals surface area (Å²) in [4.78, 5) is 5.31. The van der Waals surface area contributed by atoms with Gasteiger partial charge in [-0.1, -0.05) is 23.8 Å². The van der Waals surface area contributed by atoms with E-state index in [1.54, 1.807) is 0 Å². The van der Waals surface area contributed by atoms with E-state index in [4.69, 9.17) is 0 Å². The lowest BCUT2D eigenvalue weighted by Gasteiger charge is -2.50. The lowest BCUT2D eigenvalue weighted by molar-refractivity contribution is -0.00203. The van der Waals surface area contributed by atoms with Crippen molar-refractivity contribution in [3.8, 4) is 0 Å². The van der Waals surface area contributed by atoms with E-state index in [2.05, 4.69) is 54.2 Å². The van der Waals surface area contributed by atoms with Gasteiger partial charge in [-0.05, 0) is 38.4 Å². The molecule has 1 N–H and O–H groups in total. The molecule has 0 aromatic heterocycles. The molecule has 0 amide bonds. The number of likely N-dealkylation sites (N-methyl/N-ethyl adjacent to an activating group) is 1. The first-order chi connectivity index (χ1) is 9.67. The molecule has 1 aromatic carbocycles. The number of nitrogens with one attached hydrogen (secondary N) is 1. The zero-order chi connectivity index (χ0) is 14.1. The van der Waals surface area contributed by atoms with Crippen LogP contribution in [0.25, 0.3) is 0 Å². The summed E-state index contributed by atoms with van der Waals surface area (Å²) >= 11 is 0. The second kappa shape index (κ2) is 5.84. The molecule has 2 bridgehead atoms. The van der Waals surface area contributed by atoms with Crippen LogP contribution in [0, 0.1) is 13.8 Å². The average molecular weight is 273 g/mol. The molecule has 3 aliphatic rings. The fourth-order valence-electron chi connectivity index (χ4n) is 3.73. The van der Waals surface area contributed by atoms with E-state index in [-0.39, 0.29) is 0 Å². The standard InChI is InChI=1S/C17H27N3/c1-13-4-5-14(2)15(10-13)11-16(18-3)17-12-19-6-8-20(17)9-7-19/h4-5,10,16-18H,6-9,11-12H2,1-3H3. The Labute approximate surface area is 123 Å². The summed E-state index contributed by atoms with van der Waals surface area (Å²) in [7, 11) is 2.12. The summed E-state index contributed by atoms with van der Waals surface area (Å²) in [5.74, 6) is 0. The van der Waals surface area contributed by atoms with Crippen LogP contribution in [-0.2, 0) is 6.42 Å². The van der Waals surface area contributed by atoms with Gasteiger partial charge in [0.1, 0.15) is 0 Å². The van der Waals surface area contributed by atoms with E-state index in [0.29, 0.717) is 12.1 Å². The molecule has 2 unspecified atom stereocenters. The smallest absolute Gasteiger partial charge is 0.0380 e. The largest absolute Gasteiger partial charge is 0.315 e. The summed E-state index contributed by atoms with van der Waals surface area (Å²) in [6.45, 7) is 10.7. The Hall–Kier alpha value is -0.900. The second-order valence-corrected chi connectivity index (χ2v) is 6.43. The third kappa shape index (κ3) is 2.76. The topological polar surface area (TPSA) is 18.5 Å². The first-order valence-electron chi connectivity index (χ1n) is 7.87. The van der Waals surface area contributed by atoms with E-state index in [9.17, 15) is 0 Å². The van der Waals surface area contributed by atoms with Gasteiger partial charge in [0.15, 0.2) is 0 Å². The Morgan fingerprint density at radius 2 is 1.95 bits per heavy atom. The molecule has 20 heavy (non-hydrogen) atoms. The highest BCUT2D eigenvalue weighted by Crippen LogP contribution is 2.21. The second-order valence-electron chi connectivity index (χ2n) is 6.43. The molecule has 0 spiro atoms. The maximum Gasteiger partial charge on any atom is 0.0380 e.